The first-order valence-corrected chi connectivity index (χ1v) is 6.58. The third-order valence-electron chi connectivity index (χ3n) is 2.73. The number of benzene rings is 1. The first-order valence-electron chi connectivity index (χ1n) is 6.58. The standard InChI is InChI=1S/C14H19FN2O3/c1-3-7-17(8-4-2)14(20)16-10-5-6-11(13(18)19)12(15)9-10/h5-6,9H,3-4,7-8H2,1-2H3,(H,16,20)(H,18,19). The monoisotopic (exact) mass is 282 g/mol. The number of hydrogen-bond donors (Lipinski definition) is 2. The molecule has 0 spiro atoms. The van der Waals surface area contributed by atoms with Gasteiger partial charge in [0.05, 0.1) is 5.56 Å². The van der Waals surface area contributed by atoms with E-state index in [0.29, 0.717) is 13.1 Å². The summed E-state index contributed by atoms with van der Waals surface area (Å²) in [5.74, 6) is -2.20. The molecule has 0 aromatic heterocycles. The molecule has 20 heavy (non-hydrogen) atoms. The second kappa shape index (κ2) is 7.47. The zero-order valence-electron chi connectivity index (χ0n) is 11.6. The molecular formula is C14H19FN2O3. The van der Waals surface area contributed by atoms with Crippen molar-refractivity contribution in [1.82, 2.24) is 4.90 Å². The van der Waals surface area contributed by atoms with Gasteiger partial charge in [0.15, 0.2) is 0 Å². The van der Waals surface area contributed by atoms with Crippen LogP contribution in [0.1, 0.15) is 37.0 Å². The molecule has 0 aliphatic carbocycles. The van der Waals surface area contributed by atoms with Gasteiger partial charge in [-0.15, -0.1) is 0 Å². The van der Waals surface area contributed by atoms with E-state index in [1.165, 1.54) is 6.07 Å². The van der Waals surface area contributed by atoms with E-state index in [1.807, 2.05) is 13.8 Å². The highest BCUT2D eigenvalue weighted by Gasteiger charge is 2.14. The fourth-order valence-corrected chi connectivity index (χ4v) is 1.82. The van der Waals surface area contributed by atoms with Gasteiger partial charge in [0.1, 0.15) is 5.82 Å². The minimum absolute atomic E-state index is 0.245. The summed E-state index contributed by atoms with van der Waals surface area (Å²) in [5, 5.41) is 11.3. The molecule has 6 heteroatoms. The topological polar surface area (TPSA) is 69.6 Å². The van der Waals surface area contributed by atoms with Crippen LogP contribution in [-0.2, 0) is 0 Å². The number of carboxylic acid groups (broad SMARTS) is 1. The molecule has 2 N–H and O–H groups in total. The fourth-order valence-electron chi connectivity index (χ4n) is 1.82. The lowest BCUT2D eigenvalue weighted by Gasteiger charge is -2.21. The van der Waals surface area contributed by atoms with Crippen molar-refractivity contribution >= 4 is 17.7 Å². The van der Waals surface area contributed by atoms with Gasteiger partial charge in [-0.25, -0.2) is 14.0 Å². The Hall–Kier alpha value is -2.11. The number of rotatable bonds is 6. The molecule has 0 bridgehead atoms. The quantitative estimate of drug-likeness (QED) is 0.842. The average molecular weight is 282 g/mol. The van der Waals surface area contributed by atoms with Crippen molar-refractivity contribution in [2.24, 2.45) is 0 Å². The van der Waals surface area contributed by atoms with Crippen LogP contribution in [0.3, 0.4) is 0 Å². The van der Waals surface area contributed by atoms with Crippen molar-refractivity contribution in [2.75, 3.05) is 18.4 Å². The molecule has 0 aliphatic rings. The second-order valence-electron chi connectivity index (χ2n) is 4.42. The lowest BCUT2D eigenvalue weighted by molar-refractivity contribution is 0.0692. The molecule has 0 saturated carbocycles. The highest BCUT2D eigenvalue weighted by atomic mass is 19.1. The van der Waals surface area contributed by atoms with Crippen molar-refractivity contribution in [2.45, 2.75) is 26.7 Å². The Balaban J connectivity index is 2.79. The summed E-state index contributed by atoms with van der Waals surface area (Å²) in [6.07, 6.45) is 1.67. The van der Waals surface area contributed by atoms with Crippen molar-refractivity contribution in [3.05, 3.63) is 29.6 Å². The van der Waals surface area contributed by atoms with E-state index in [0.717, 1.165) is 25.0 Å². The molecule has 0 atom stereocenters. The Bertz CT molecular complexity index is 485. The molecule has 0 unspecified atom stereocenters. The van der Waals surface area contributed by atoms with E-state index in [4.69, 9.17) is 5.11 Å². The number of carboxylic acids is 1. The molecule has 1 aromatic carbocycles. The van der Waals surface area contributed by atoms with Gasteiger partial charge in [0.2, 0.25) is 0 Å². The highest BCUT2D eigenvalue weighted by molar-refractivity contribution is 5.91. The van der Waals surface area contributed by atoms with Gasteiger partial charge in [0, 0.05) is 18.8 Å². The number of nitrogens with zero attached hydrogens (tertiary/aromatic N) is 1. The van der Waals surface area contributed by atoms with Gasteiger partial charge in [-0.2, -0.15) is 0 Å². The molecular weight excluding hydrogens is 263 g/mol. The molecule has 0 saturated heterocycles. The number of amides is 2. The Labute approximate surface area is 117 Å². The smallest absolute Gasteiger partial charge is 0.338 e. The summed E-state index contributed by atoms with van der Waals surface area (Å²) in [7, 11) is 0. The Morgan fingerprint density at radius 3 is 2.30 bits per heavy atom. The predicted molar refractivity (Wildman–Crippen MR) is 74.5 cm³/mol. The number of aromatic carboxylic acids is 1. The summed E-state index contributed by atoms with van der Waals surface area (Å²) in [6.45, 7) is 5.18. The van der Waals surface area contributed by atoms with E-state index < -0.39 is 17.3 Å². The second-order valence-corrected chi connectivity index (χ2v) is 4.42. The largest absolute Gasteiger partial charge is 0.478 e. The Kier molecular flexibility index (Phi) is 5.96. The van der Waals surface area contributed by atoms with Gasteiger partial charge >= 0.3 is 12.0 Å². The third kappa shape index (κ3) is 4.22. The number of carbonyl (C=O) groups is 2. The molecule has 0 heterocycles. The van der Waals surface area contributed by atoms with Crippen molar-refractivity contribution in [1.29, 1.82) is 0 Å². The number of urea groups is 1. The van der Waals surface area contributed by atoms with Crippen molar-refractivity contribution in [3.63, 3.8) is 0 Å². The van der Waals surface area contributed by atoms with Crippen LogP contribution in [-0.4, -0.2) is 35.1 Å². The number of hydrogen-bond acceptors (Lipinski definition) is 2. The molecule has 1 rings (SSSR count). The maximum absolute atomic E-state index is 13.5. The Morgan fingerprint density at radius 1 is 1.25 bits per heavy atom. The molecule has 110 valence electrons. The molecule has 0 radical (unpaired) electrons. The SMILES string of the molecule is CCCN(CCC)C(=O)Nc1ccc(C(=O)O)c(F)c1. The van der Waals surface area contributed by atoms with Gasteiger partial charge in [-0.05, 0) is 31.0 Å². The van der Waals surface area contributed by atoms with E-state index in [9.17, 15) is 14.0 Å². The van der Waals surface area contributed by atoms with Crippen LogP contribution in [0.2, 0.25) is 0 Å². The van der Waals surface area contributed by atoms with Gasteiger partial charge in [0.25, 0.3) is 0 Å². The lowest BCUT2D eigenvalue weighted by Crippen LogP contribution is -2.36. The predicted octanol–water partition coefficient (Wildman–Crippen LogP) is 3.18. The van der Waals surface area contributed by atoms with Crippen molar-refractivity contribution in [3.8, 4) is 0 Å². The van der Waals surface area contributed by atoms with E-state index in [-0.39, 0.29) is 11.7 Å². The molecule has 2 amide bonds. The zero-order chi connectivity index (χ0) is 15.1. The molecule has 1 aromatic rings. The van der Waals surface area contributed by atoms with Crippen LogP contribution in [0.25, 0.3) is 0 Å². The number of nitrogens with one attached hydrogen (secondary N) is 1. The molecule has 0 fully saturated rings. The highest BCUT2D eigenvalue weighted by Crippen LogP contribution is 2.15. The van der Waals surface area contributed by atoms with Crippen LogP contribution in [0.4, 0.5) is 14.9 Å². The number of anilines is 1. The zero-order valence-corrected chi connectivity index (χ0v) is 11.6. The summed E-state index contributed by atoms with van der Waals surface area (Å²) >= 11 is 0. The maximum atomic E-state index is 13.5. The fraction of sp³-hybridized carbons (Fsp3) is 0.429. The van der Waals surface area contributed by atoms with Gasteiger partial charge in [-0.3, -0.25) is 0 Å². The third-order valence-corrected chi connectivity index (χ3v) is 2.73. The van der Waals surface area contributed by atoms with Crippen LogP contribution in [0, 0.1) is 5.82 Å². The van der Waals surface area contributed by atoms with Crippen LogP contribution < -0.4 is 5.32 Å². The van der Waals surface area contributed by atoms with Crippen LogP contribution in [0.15, 0.2) is 18.2 Å². The summed E-state index contributed by atoms with van der Waals surface area (Å²) in [6, 6.07) is 3.21. The van der Waals surface area contributed by atoms with Crippen molar-refractivity contribution < 1.29 is 19.1 Å². The van der Waals surface area contributed by atoms with E-state index in [2.05, 4.69) is 5.32 Å². The molecule has 5 nitrogen and oxygen atoms in total. The maximum Gasteiger partial charge on any atom is 0.338 e. The summed E-state index contributed by atoms with van der Waals surface area (Å²) in [5.41, 5.74) is -0.170. The lowest BCUT2D eigenvalue weighted by atomic mass is 10.2. The van der Waals surface area contributed by atoms with Gasteiger partial charge in [-0.1, -0.05) is 13.8 Å². The van der Waals surface area contributed by atoms with Crippen LogP contribution in [0.5, 0.6) is 0 Å². The summed E-state index contributed by atoms with van der Waals surface area (Å²) < 4.78 is 13.5. The normalized spacial score (nSPS) is 10.2. The van der Waals surface area contributed by atoms with E-state index in [1.54, 1.807) is 4.90 Å². The first kappa shape index (κ1) is 15.9. The van der Waals surface area contributed by atoms with Gasteiger partial charge < -0.3 is 15.3 Å². The number of halogens is 1. The van der Waals surface area contributed by atoms with E-state index >= 15 is 0 Å². The average Bonchev–Trinajstić information content (AvgIpc) is 2.38. The number of carbonyl (C=O) groups excluding carboxylic acids is 1. The molecule has 0 aliphatic heterocycles. The first-order chi connectivity index (χ1) is 9.49. The Morgan fingerprint density at radius 2 is 1.85 bits per heavy atom. The van der Waals surface area contributed by atoms with Crippen LogP contribution >= 0.6 is 0 Å². The minimum Gasteiger partial charge on any atom is -0.478 e. The minimum atomic E-state index is -1.33. The summed E-state index contributed by atoms with van der Waals surface area (Å²) in [4.78, 5) is 24.3.